The van der Waals surface area contributed by atoms with Crippen molar-refractivity contribution in [1.82, 2.24) is 14.1 Å². The van der Waals surface area contributed by atoms with E-state index < -0.39 is 55.2 Å². The van der Waals surface area contributed by atoms with Gasteiger partial charge in [0, 0.05) is 54.0 Å². The minimum absolute atomic E-state index is 0. The number of nitrogens with zero attached hydrogens (tertiary/aromatic N) is 4. The number of hydrogen-bond acceptors (Lipinski definition) is 2. The Kier molecular flexibility index (Phi) is 8.44. The number of para-hydroxylation sites is 4. The van der Waals surface area contributed by atoms with Crippen LogP contribution in [0.25, 0.3) is 83.4 Å². The van der Waals surface area contributed by atoms with Crippen molar-refractivity contribution < 1.29 is 48.2 Å². The molecule has 0 aliphatic carbocycles. The van der Waals surface area contributed by atoms with Crippen molar-refractivity contribution in [1.29, 1.82) is 0 Å². The molecule has 0 atom stereocenters. The summed E-state index contributed by atoms with van der Waals surface area (Å²) in [5.74, 6) is 0.775. The molecule has 3 aromatic heterocycles. The number of benzene rings is 8. The van der Waals surface area contributed by atoms with Gasteiger partial charge in [-0.05, 0) is 85.4 Å². The van der Waals surface area contributed by atoms with Crippen LogP contribution in [0.15, 0.2) is 188 Å². The molecule has 5 nitrogen and oxygen atoms in total. The second-order valence-electron chi connectivity index (χ2n) is 18.8. The molecule has 8 aromatic carbocycles. The fourth-order valence-corrected chi connectivity index (χ4v) is 8.72. The number of pyridine rings is 1. The van der Waals surface area contributed by atoms with Crippen molar-refractivity contribution in [3.8, 4) is 62.1 Å². The van der Waals surface area contributed by atoms with Crippen LogP contribution in [0.3, 0.4) is 0 Å². The molecule has 3 heterocycles. The van der Waals surface area contributed by atoms with Gasteiger partial charge in [-0.1, -0.05) is 186 Å². The van der Waals surface area contributed by atoms with Gasteiger partial charge in [-0.25, -0.2) is 4.98 Å². The Morgan fingerprint density at radius 3 is 1.91 bits per heavy atom. The Hall–Kier alpha value is -7.33. The molecule has 11 aromatic rings. The number of hydrogen-bond donors (Lipinski definition) is 0. The summed E-state index contributed by atoms with van der Waals surface area (Å²) in [6, 6.07) is 39.7. The summed E-state index contributed by atoms with van der Waals surface area (Å²) in [5, 5.41) is 1.57. The Bertz CT molecular complexity index is 4330. The maximum atomic E-state index is 9.21. The van der Waals surface area contributed by atoms with Gasteiger partial charge < -0.3 is 13.9 Å². The summed E-state index contributed by atoms with van der Waals surface area (Å²) in [5.41, 5.74) is 6.83. The van der Waals surface area contributed by atoms with Gasteiger partial charge in [-0.2, -0.15) is 18.2 Å². The van der Waals surface area contributed by atoms with Gasteiger partial charge in [0.1, 0.15) is 5.82 Å². The first kappa shape index (κ1) is 32.4. The predicted molar refractivity (Wildman–Crippen MR) is 278 cm³/mol. The molecule has 0 aliphatic heterocycles. The van der Waals surface area contributed by atoms with Crippen LogP contribution in [0.5, 0.6) is 11.5 Å². The van der Waals surface area contributed by atoms with Gasteiger partial charge in [0.05, 0.1) is 30.4 Å². The number of aromatic nitrogens is 4. The summed E-state index contributed by atoms with van der Waals surface area (Å²) in [6.45, 7) is 10.2. The normalized spacial score (nSPS) is 14.7. The molecule has 342 valence electrons. The molecule has 11 rings (SSSR count). The van der Waals surface area contributed by atoms with Crippen LogP contribution >= 0.6 is 0 Å². The summed E-state index contributed by atoms with van der Waals surface area (Å²) in [6.07, 6.45) is 4.84. The zero-order valence-corrected chi connectivity index (χ0v) is 40.9. The standard InChI is InChI=1S/C63H52N4O.Pt/c1-42-34-60(64-40-55(42)44-22-12-9-13-23-44)67-56-29-15-14-26-53(56)54-33-32-50(39-59(54)67)68-49-25-18-24-48(38-49)65-41-66(58-31-17-16-30-57(58)65)61-51(43-20-10-8-11-21-43)27-19-28-52(61)45-35-46(62(2,3)4)37-47(36-45)63(5,6)7;/h8-37,40H,1-7H3;/q-2;/i1D3,8D,9D,10D,11D,12D,13D,20D,21D,22D,23D;. The molecule has 0 spiro atoms. The average molecular weight is 1090 g/mol. The Labute approximate surface area is 437 Å². The van der Waals surface area contributed by atoms with E-state index in [0.29, 0.717) is 44.8 Å². The van der Waals surface area contributed by atoms with Crippen LogP contribution in [0.2, 0.25) is 0 Å². The molecule has 69 heavy (non-hydrogen) atoms. The van der Waals surface area contributed by atoms with Gasteiger partial charge >= 0.3 is 0 Å². The van der Waals surface area contributed by atoms with E-state index in [4.69, 9.17) is 24.8 Å². The largest absolute Gasteiger partial charge is 0.510 e. The van der Waals surface area contributed by atoms with Crippen molar-refractivity contribution in [3.05, 3.63) is 223 Å². The van der Waals surface area contributed by atoms with E-state index in [2.05, 4.69) is 78.2 Å². The van der Waals surface area contributed by atoms with Crippen LogP contribution in [-0.4, -0.2) is 14.1 Å². The monoisotopic (exact) mass is 1090 g/mol. The topological polar surface area (TPSA) is 35.9 Å². The van der Waals surface area contributed by atoms with Crippen LogP contribution in [0.4, 0.5) is 0 Å². The minimum atomic E-state index is -2.79. The summed E-state index contributed by atoms with van der Waals surface area (Å²) < 4.78 is 124. The van der Waals surface area contributed by atoms with Crippen molar-refractivity contribution in [2.24, 2.45) is 0 Å². The molecule has 0 unspecified atom stereocenters. The SMILES string of the molecule is [2H]c1c([2H])c([2H])c(-c2cnc(-n3c4[c-]c(Oc5[c-]c(-n6[c-][n+](-c7c(-c8cc(C(C)(C)C)cc(C(C)(C)C)c8)cccc7-c7c([2H])c([2H])c([2H])c([2H])c7[2H])c7ccccc76)ccc5)ccc4c4ccccc43)cc2C([2H])([2H])[2H])c([2H])c1[2H].[Pt]. The molecule has 0 aliphatic rings. The van der Waals surface area contributed by atoms with E-state index in [0.717, 1.165) is 33.0 Å². The maximum absolute atomic E-state index is 9.21. The number of fused-ring (bicyclic) bond motifs is 4. The second kappa shape index (κ2) is 18.0. The van der Waals surface area contributed by atoms with Gasteiger partial charge in [-0.15, -0.1) is 29.7 Å². The molecule has 0 bridgehead atoms. The Balaban J connectivity index is 0.00000753. The molecule has 0 saturated heterocycles. The molecule has 0 N–H and O–H groups in total. The summed E-state index contributed by atoms with van der Waals surface area (Å²) in [7, 11) is 0. The Morgan fingerprint density at radius 1 is 0.594 bits per heavy atom. The van der Waals surface area contributed by atoms with Crippen molar-refractivity contribution in [3.63, 3.8) is 0 Å². The van der Waals surface area contributed by atoms with Crippen LogP contribution in [0.1, 0.15) is 76.1 Å². The first-order valence-electron chi connectivity index (χ1n) is 28.8. The number of aryl methyl sites for hydroxylation is 1. The second-order valence-corrected chi connectivity index (χ2v) is 18.8. The molecular formula is C63H52N4OPt-2. The first-order valence-corrected chi connectivity index (χ1v) is 22.3. The van der Waals surface area contributed by atoms with Gasteiger partial charge in [0.2, 0.25) is 0 Å². The third kappa shape index (κ3) is 8.51. The van der Waals surface area contributed by atoms with Crippen molar-refractivity contribution in [2.45, 2.75) is 59.2 Å². The van der Waals surface area contributed by atoms with E-state index in [9.17, 15) is 2.74 Å². The zero-order valence-electron chi connectivity index (χ0n) is 51.6. The Morgan fingerprint density at radius 2 is 1.22 bits per heavy atom. The maximum Gasteiger partial charge on any atom is 0.268 e. The van der Waals surface area contributed by atoms with Gasteiger partial charge in [-0.3, -0.25) is 4.57 Å². The number of imidazole rings is 1. The van der Waals surface area contributed by atoms with Crippen molar-refractivity contribution >= 4 is 32.8 Å². The van der Waals surface area contributed by atoms with Crippen molar-refractivity contribution in [2.75, 3.05) is 0 Å². The molecular weight excluding hydrogens is 1020 g/mol. The van der Waals surface area contributed by atoms with E-state index in [1.807, 2.05) is 88.0 Å². The quantitative estimate of drug-likeness (QED) is 0.112. The van der Waals surface area contributed by atoms with E-state index in [1.54, 1.807) is 22.8 Å². The molecule has 0 saturated carbocycles. The fourth-order valence-electron chi connectivity index (χ4n) is 8.72. The number of rotatable bonds is 8. The molecule has 6 heteroatoms. The van der Waals surface area contributed by atoms with E-state index in [1.165, 1.54) is 12.3 Å². The van der Waals surface area contributed by atoms with Gasteiger partial charge in [0.15, 0.2) is 0 Å². The van der Waals surface area contributed by atoms with Crippen LogP contribution in [-0.2, 0) is 31.9 Å². The fraction of sp³-hybridized carbons (Fsp3) is 0.143. The average Bonchev–Trinajstić information content (AvgIpc) is 2.22. The third-order valence-corrected chi connectivity index (χ3v) is 12.2. The summed E-state index contributed by atoms with van der Waals surface area (Å²) in [4.78, 5) is 4.69. The molecule has 0 amide bonds. The molecule has 0 fully saturated rings. The molecule has 0 radical (unpaired) electrons. The predicted octanol–water partition coefficient (Wildman–Crippen LogP) is 15.5. The summed E-state index contributed by atoms with van der Waals surface area (Å²) >= 11 is 0. The van der Waals surface area contributed by atoms with E-state index >= 15 is 0 Å². The minimum Gasteiger partial charge on any atom is -0.510 e. The number of ether oxygens (including phenoxy) is 1. The van der Waals surface area contributed by atoms with Crippen LogP contribution in [0, 0.1) is 25.3 Å². The smallest absolute Gasteiger partial charge is 0.268 e. The third-order valence-electron chi connectivity index (χ3n) is 12.2. The van der Waals surface area contributed by atoms with Crippen LogP contribution < -0.4 is 9.30 Å². The van der Waals surface area contributed by atoms with E-state index in [-0.39, 0.29) is 77.8 Å². The van der Waals surface area contributed by atoms with Gasteiger partial charge in [0.25, 0.3) is 6.33 Å². The first-order chi connectivity index (χ1) is 38.2. The zero-order chi connectivity index (χ0) is 57.9.